The summed E-state index contributed by atoms with van der Waals surface area (Å²) in [4.78, 5) is 11.3. The SMILES string of the molecule is NC(=S)CC(=O)Nc1cc(C(F)(F)F)ccc1Cl. The van der Waals surface area contributed by atoms with Gasteiger partial charge in [0, 0.05) is 0 Å². The number of hydrogen-bond donors (Lipinski definition) is 2. The highest BCUT2D eigenvalue weighted by atomic mass is 35.5. The first-order valence-corrected chi connectivity index (χ1v) is 5.43. The maximum atomic E-state index is 12.5. The van der Waals surface area contributed by atoms with Crippen molar-refractivity contribution in [2.75, 3.05) is 5.32 Å². The lowest BCUT2D eigenvalue weighted by atomic mass is 10.2. The first kappa shape index (κ1) is 14.7. The Morgan fingerprint density at radius 3 is 2.56 bits per heavy atom. The molecule has 0 unspecified atom stereocenters. The minimum absolute atomic E-state index is 0.000658. The molecule has 8 heteroatoms. The van der Waals surface area contributed by atoms with Crippen molar-refractivity contribution in [3.63, 3.8) is 0 Å². The van der Waals surface area contributed by atoms with Crippen molar-refractivity contribution >= 4 is 40.4 Å². The van der Waals surface area contributed by atoms with Crippen LogP contribution in [0.2, 0.25) is 5.02 Å². The minimum Gasteiger partial charge on any atom is -0.393 e. The van der Waals surface area contributed by atoms with Crippen LogP contribution in [0.1, 0.15) is 12.0 Å². The van der Waals surface area contributed by atoms with Crippen molar-refractivity contribution in [1.29, 1.82) is 0 Å². The number of benzene rings is 1. The first-order chi connectivity index (χ1) is 8.20. The van der Waals surface area contributed by atoms with E-state index in [1.165, 1.54) is 0 Å². The molecule has 1 aromatic carbocycles. The van der Waals surface area contributed by atoms with Crippen LogP contribution in [0, 0.1) is 0 Å². The van der Waals surface area contributed by atoms with Crippen LogP contribution < -0.4 is 11.1 Å². The van der Waals surface area contributed by atoms with Crippen LogP contribution >= 0.6 is 23.8 Å². The molecular weight excluding hydrogens is 289 g/mol. The summed E-state index contributed by atoms with van der Waals surface area (Å²) in [6.45, 7) is 0. The van der Waals surface area contributed by atoms with Gasteiger partial charge in [-0.25, -0.2) is 0 Å². The van der Waals surface area contributed by atoms with Crippen molar-refractivity contribution in [1.82, 2.24) is 0 Å². The van der Waals surface area contributed by atoms with Crippen molar-refractivity contribution in [3.05, 3.63) is 28.8 Å². The highest BCUT2D eigenvalue weighted by Gasteiger charge is 2.31. The summed E-state index contributed by atoms with van der Waals surface area (Å²) in [5.41, 5.74) is 4.11. The van der Waals surface area contributed by atoms with E-state index < -0.39 is 17.6 Å². The van der Waals surface area contributed by atoms with Gasteiger partial charge >= 0.3 is 6.18 Å². The second-order valence-corrected chi connectivity index (χ2v) is 4.32. The average Bonchev–Trinajstić information content (AvgIpc) is 2.18. The van der Waals surface area contributed by atoms with Crippen LogP contribution in [0.25, 0.3) is 0 Å². The van der Waals surface area contributed by atoms with Gasteiger partial charge in [0.1, 0.15) is 0 Å². The second-order valence-electron chi connectivity index (χ2n) is 3.38. The molecule has 0 aliphatic rings. The number of halogens is 4. The van der Waals surface area contributed by atoms with E-state index in [0.717, 1.165) is 18.2 Å². The number of anilines is 1. The molecule has 0 fully saturated rings. The summed E-state index contributed by atoms with van der Waals surface area (Å²) < 4.78 is 37.4. The molecule has 1 rings (SSSR count). The normalized spacial score (nSPS) is 11.1. The molecule has 0 aromatic heterocycles. The number of nitrogens with one attached hydrogen (secondary N) is 1. The van der Waals surface area contributed by atoms with E-state index in [1.54, 1.807) is 0 Å². The van der Waals surface area contributed by atoms with E-state index >= 15 is 0 Å². The number of carbonyl (C=O) groups excluding carboxylic acids is 1. The number of nitrogens with two attached hydrogens (primary N) is 1. The molecular formula is C10H8ClF3N2OS. The molecule has 3 nitrogen and oxygen atoms in total. The molecule has 0 saturated carbocycles. The standard InChI is InChI=1S/C10H8ClF3N2OS/c11-6-2-1-5(10(12,13)14)3-7(6)16-9(17)4-8(15)18/h1-3H,4H2,(H2,15,18)(H,16,17). The predicted molar refractivity (Wildman–Crippen MR) is 66.5 cm³/mol. The van der Waals surface area contributed by atoms with Gasteiger partial charge in [-0.1, -0.05) is 23.8 Å². The molecule has 0 atom stereocenters. The van der Waals surface area contributed by atoms with E-state index in [1.807, 2.05) is 0 Å². The molecule has 0 radical (unpaired) electrons. The number of alkyl halides is 3. The summed E-state index contributed by atoms with van der Waals surface area (Å²) in [7, 11) is 0. The molecule has 18 heavy (non-hydrogen) atoms. The van der Waals surface area contributed by atoms with E-state index in [0.29, 0.717) is 0 Å². The topological polar surface area (TPSA) is 55.1 Å². The lowest BCUT2D eigenvalue weighted by Crippen LogP contribution is -2.20. The van der Waals surface area contributed by atoms with E-state index in [-0.39, 0.29) is 22.1 Å². The number of amides is 1. The van der Waals surface area contributed by atoms with Crippen LogP contribution in [0.3, 0.4) is 0 Å². The van der Waals surface area contributed by atoms with E-state index in [2.05, 4.69) is 17.5 Å². The highest BCUT2D eigenvalue weighted by molar-refractivity contribution is 7.80. The largest absolute Gasteiger partial charge is 0.416 e. The summed E-state index contributed by atoms with van der Waals surface area (Å²) in [5.74, 6) is -0.622. The first-order valence-electron chi connectivity index (χ1n) is 4.65. The third-order valence-corrected chi connectivity index (χ3v) is 2.38. The van der Waals surface area contributed by atoms with Gasteiger partial charge in [0.25, 0.3) is 0 Å². The Morgan fingerprint density at radius 1 is 1.44 bits per heavy atom. The van der Waals surface area contributed by atoms with Gasteiger partial charge in [-0.3, -0.25) is 4.79 Å². The molecule has 0 bridgehead atoms. The molecule has 0 saturated heterocycles. The molecule has 1 aromatic rings. The van der Waals surface area contributed by atoms with Crippen molar-refractivity contribution in [3.8, 4) is 0 Å². The van der Waals surface area contributed by atoms with Crippen LogP contribution in [0.15, 0.2) is 18.2 Å². The summed E-state index contributed by atoms with van der Waals surface area (Å²) in [6, 6.07) is 2.63. The molecule has 0 heterocycles. The zero-order valence-corrected chi connectivity index (χ0v) is 10.4. The van der Waals surface area contributed by atoms with Crippen LogP contribution in [-0.4, -0.2) is 10.9 Å². The second kappa shape index (κ2) is 5.53. The summed E-state index contributed by atoms with van der Waals surface area (Å²) >= 11 is 10.2. The number of hydrogen-bond acceptors (Lipinski definition) is 2. The lowest BCUT2D eigenvalue weighted by Gasteiger charge is -2.11. The van der Waals surface area contributed by atoms with Crippen molar-refractivity contribution < 1.29 is 18.0 Å². The van der Waals surface area contributed by atoms with Crippen LogP contribution in [-0.2, 0) is 11.0 Å². The quantitative estimate of drug-likeness (QED) is 0.843. The zero-order valence-electron chi connectivity index (χ0n) is 8.84. The van der Waals surface area contributed by atoms with Crippen LogP contribution in [0.4, 0.5) is 18.9 Å². The van der Waals surface area contributed by atoms with Crippen molar-refractivity contribution in [2.24, 2.45) is 5.73 Å². The number of rotatable bonds is 3. The Labute approximate surface area is 111 Å². The predicted octanol–water partition coefficient (Wildman–Crippen LogP) is 2.97. The van der Waals surface area contributed by atoms with Gasteiger partial charge in [0.2, 0.25) is 5.91 Å². The van der Waals surface area contributed by atoms with Crippen molar-refractivity contribution in [2.45, 2.75) is 12.6 Å². The molecule has 3 N–H and O–H groups in total. The molecule has 0 aliphatic heterocycles. The van der Waals surface area contributed by atoms with Gasteiger partial charge in [-0.05, 0) is 18.2 Å². The Balaban J connectivity index is 2.95. The van der Waals surface area contributed by atoms with Gasteiger partial charge < -0.3 is 11.1 Å². The maximum Gasteiger partial charge on any atom is 0.416 e. The van der Waals surface area contributed by atoms with E-state index in [9.17, 15) is 18.0 Å². The number of thiocarbonyl (C=S) groups is 1. The van der Waals surface area contributed by atoms with Gasteiger partial charge in [0.05, 0.1) is 27.7 Å². The van der Waals surface area contributed by atoms with Gasteiger partial charge in [0.15, 0.2) is 0 Å². The highest BCUT2D eigenvalue weighted by Crippen LogP contribution is 2.33. The number of carbonyl (C=O) groups is 1. The third kappa shape index (κ3) is 4.15. The Morgan fingerprint density at radius 2 is 2.06 bits per heavy atom. The Bertz CT molecular complexity index is 491. The molecule has 1 amide bonds. The minimum atomic E-state index is -4.51. The van der Waals surface area contributed by atoms with Gasteiger partial charge in [-0.2, -0.15) is 13.2 Å². The summed E-state index contributed by atoms with van der Waals surface area (Å²) in [5, 5.41) is 2.21. The average molecular weight is 297 g/mol. The monoisotopic (exact) mass is 296 g/mol. The van der Waals surface area contributed by atoms with E-state index in [4.69, 9.17) is 17.3 Å². The zero-order chi connectivity index (χ0) is 13.9. The molecule has 0 aliphatic carbocycles. The van der Waals surface area contributed by atoms with Crippen LogP contribution in [0.5, 0.6) is 0 Å². The Hall–Kier alpha value is -1.34. The molecule has 98 valence electrons. The molecule has 0 spiro atoms. The fraction of sp³-hybridized carbons (Fsp3) is 0.200. The summed E-state index contributed by atoms with van der Waals surface area (Å²) in [6.07, 6.45) is -4.77. The van der Waals surface area contributed by atoms with Gasteiger partial charge in [-0.15, -0.1) is 0 Å². The fourth-order valence-electron chi connectivity index (χ4n) is 1.15. The smallest absolute Gasteiger partial charge is 0.393 e. The fourth-order valence-corrected chi connectivity index (χ4v) is 1.45. The maximum absolute atomic E-state index is 12.5. The Kier molecular flexibility index (Phi) is 4.53. The third-order valence-electron chi connectivity index (χ3n) is 1.90. The lowest BCUT2D eigenvalue weighted by molar-refractivity contribution is -0.137.